The normalized spacial score (nSPS) is 7.00. The third kappa shape index (κ3) is 17.7. The Kier molecular flexibility index (Phi) is 7.69. The van der Waals surface area contributed by atoms with Crippen LogP contribution in [0.2, 0.25) is 0 Å². The van der Waals surface area contributed by atoms with Gasteiger partial charge in [0.15, 0.2) is 0 Å². The third-order valence-electron chi connectivity index (χ3n) is 0.407. The molecule has 0 fully saturated rings. The average Bonchev–Trinajstić information content (AvgIpc) is 1.89. The fourth-order valence-corrected chi connectivity index (χ4v) is 0. The van der Waals surface area contributed by atoms with Crippen molar-refractivity contribution in [3.05, 3.63) is 24.3 Å². The molecule has 0 unspecified atom stereocenters. The Bertz CT molecular complexity index is 173. The zero-order chi connectivity index (χ0) is 9.44. The lowest BCUT2D eigenvalue weighted by Gasteiger charge is -1.76. The molecule has 0 aliphatic heterocycles. The number of hydrogen-bond acceptors (Lipinski definition) is 2. The highest BCUT2D eigenvalue weighted by molar-refractivity contribution is 6.40. The van der Waals surface area contributed by atoms with Crippen molar-refractivity contribution >= 4 is 23.5 Å². The van der Waals surface area contributed by atoms with Gasteiger partial charge in [-0.25, -0.2) is 9.59 Å². The van der Waals surface area contributed by atoms with Gasteiger partial charge in [0.25, 0.3) is 0 Å². The number of carboxylic acids is 2. The minimum atomic E-state index is -1.17. The molecule has 11 heavy (non-hydrogen) atoms. The van der Waals surface area contributed by atoms with Crippen LogP contribution in [0.15, 0.2) is 24.3 Å². The van der Waals surface area contributed by atoms with Crippen LogP contribution < -0.4 is 0 Å². The molecule has 4 nitrogen and oxygen atoms in total. The fraction of sp³-hybridized carbons (Fsp3) is 0. The second kappa shape index (κ2) is 6.82. The summed E-state index contributed by atoms with van der Waals surface area (Å²) in [6.07, 6.45) is 0.833. The van der Waals surface area contributed by atoms with Crippen LogP contribution in [0, 0.1) is 0 Å². The highest BCUT2D eigenvalue weighted by atomic mass is 35.5. The zero-order valence-corrected chi connectivity index (χ0v) is 6.34. The molecule has 2 N–H and O–H groups in total. The quantitative estimate of drug-likeness (QED) is 0.621. The Morgan fingerprint density at radius 2 is 1.55 bits per heavy atom. The minimum absolute atomic E-state index is 0.352. The molecule has 5 heteroatoms. The van der Waals surface area contributed by atoms with Crippen LogP contribution in [-0.4, -0.2) is 22.2 Å². The Morgan fingerprint density at radius 1 is 1.36 bits per heavy atom. The number of halogens is 1. The maximum atomic E-state index is 9.47. The van der Waals surface area contributed by atoms with Gasteiger partial charge in [-0.2, -0.15) is 0 Å². The summed E-state index contributed by atoms with van der Waals surface area (Å²) >= 11 is 4.82. The van der Waals surface area contributed by atoms with E-state index >= 15 is 0 Å². The summed E-state index contributed by atoms with van der Waals surface area (Å²) in [4.78, 5) is 18.7. The smallest absolute Gasteiger partial charge is 0.346 e. The van der Waals surface area contributed by atoms with Gasteiger partial charge in [0, 0.05) is 6.08 Å². The van der Waals surface area contributed by atoms with E-state index in [2.05, 4.69) is 13.2 Å². The van der Waals surface area contributed by atoms with Crippen LogP contribution in [0.4, 0.5) is 0 Å². The number of hydrogen-bond donors (Lipinski definition) is 2. The molecule has 0 heterocycles. The number of aliphatic carboxylic acids is 2. The monoisotopic (exact) mass is 178 g/mol. The van der Waals surface area contributed by atoms with E-state index in [4.69, 9.17) is 21.8 Å². The molecule has 0 rings (SSSR count). The van der Waals surface area contributed by atoms with Gasteiger partial charge < -0.3 is 10.2 Å². The van der Waals surface area contributed by atoms with Crippen molar-refractivity contribution in [3.8, 4) is 0 Å². The molecule has 0 aromatic carbocycles. The summed E-state index contributed by atoms with van der Waals surface area (Å²) in [6.45, 7) is 5.88. The lowest BCUT2D eigenvalue weighted by Crippen LogP contribution is -1.89. The van der Waals surface area contributed by atoms with Crippen molar-refractivity contribution in [2.24, 2.45) is 0 Å². The van der Waals surface area contributed by atoms with Crippen LogP contribution in [0.5, 0.6) is 0 Å². The number of carbonyl (C=O) groups is 2. The maximum absolute atomic E-state index is 9.47. The minimum Gasteiger partial charge on any atom is -0.478 e. The highest BCUT2D eigenvalue weighted by Gasteiger charge is 1.93. The molecule has 0 saturated carbocycles. The van der Waals surface area contributed by atoms with E-state index < -0.39 is 11.9 Å². The van der Waals surface area contributed by atoms with E-state index in [-0.39, 0.29) is 5.03 Å². The van der Waals surface area contributed by atoms with Crippen molar-refractivity contribution in [1.82, 2.24) is 0 Å². The molecule has 0 aromatic rings. The lowest BCUT2D eigenvalue weighted by molar-refractivity contribution is -0.132. The zero-order valence-electron chi connectivity index (χ0n) is 5.58. The van der Waals surface area contributed by atoms with Crippen molar-refractivity contribution < 1.29 is 19.8 Å². The van der Waals surface area contributed by atoms with Gasteiger partial charge in [-0.3, -0.25) is 0 Å². The molecule has 0 bridgehead atoms. The Morgan fingerprint density at radius 3 is 1.55 bits per heavy atom. The molecule has 0 spiro atoms. The lowest BCUT2D eigenvalue weighted by atomic mass is 10.7. The second-order valence-electron chi connectivity index (χ2n) is 1.25. The van der Waals surface area contributed by atoms with Gasteiger partial charge in [-0.05, 0) is 0 Å². The summed E-state index contributed by atoms with van der Waals surface area (Å²) < 4.78 is 0. The molecule has 0 radical (unpaired) electrons. The van der Waals surface area contributed by atoms with Crippen LogP contribution in [0.25, 0.3) is 0 Å². The SMILES string of the molecule is C=C(Cl)C(=O)O.C=CC(=O)O. The van der Waals surface area contributed by atoms with Crippen molar-refractivity contribution in [3.63, 3.8) is 0 Å². The van der Waals surface area contributed by atoms with Gasteiger partial charge in [-0.1, -0.05) is 24.8 Å². The molecular weight excluding hydrogens is 172 g/mol. The first kappa shape index (κ1) is 12.4. The topological polar surface area (TPSA) is 74.6 Å². The van der Waals surface area contributed by atoms with E-state index in [1.165, 1.54) is 0 Å². The first-order chi connectivity index (χ1) is 4.91. The summed E-state index contributed by atoms with van der Waals surface area (Å²) in [7, 11) is 0. The molecule has 0 aliphatic carbocycles. The predicted octanol–water partition coefficient (Wildman–Crippen LogP) is 1.08. The summed E-state index contributed by atoms with van der Waals surface area (Å²) in [6, 6.07) is 0. The third-order valence-corrected chi connectivity index (χ3v) is 0.568. The number of rotatable bonds is 2. The molecule has 0 atom stereocenters. The molecular formula is C6H7ClO4. The van der Waals surface area contributed by atoms with Crippen molar-refractivity contribution in [2.45, 2.75) is 0 Å². The van der Waals surface area contributed by atoms with Crippen LogP contribution in [0.1, 0.15) is 0 Å². The van der Waals surface area contributed by atoms with Gasteiger partial charge in [0.1, 0.15) is 5.03 Å². The van der Waals surface area contributed by atoms with Gasteiger partial charge in [-0.15, -0.1) is 0 Å². The summed E-state index contributed by atoms with van der Waals surface area (Å²) in [5.41, 5.74) is 0. The van der Waals surface area contributed by atoms with E-state index in [0.717, 1.165) is 6.08 Å². The Labute approximate surface area is 68.4 Å². The van der Waals surface area contributed by atoms with E-state index in [1.54, 1.807) is 0 Å². The largest absolute Gasteiger partial charge is 0.478 e. The van der Waals surface area contributed by atoms with E-state index in [1.807, 2.05) is 0 Å². The van der Waals surface area contributed by atoms with E-state index in [0.29, 0.717) is 0 Å². The number of carboxylic acid groups (broad SMARTS) is 2. The second-order valence-corrected chi connectivity index (χ2v) is 1.71. The van der Waals surface area contributed by atoms with Crippen LogP contribution >= 0.6 is 11.6 Å². The molecule has 0 aliphatic rings. The molecule has 0 aromatic heterocycles. The Hall–Kier alpha value is -1.29. The average molecular weight is 179 g/mol. The molecule has 62 valence electrons. The standard InChI is InChI=1S/C3H3ClO2.C3H4O2/c1-2(4)3(5)6;1-2-3(4)5/h1H2,(H,5,6);2H,1H2,(H,4,5). The first-order valence-corrected chi connectivity index (χ1v) is 2.72. The molecule has 0 saturated heterocycles. The highest BCUT2D eigenvalue weighted by Crippen LogP contribution is 1.92. The van der Waals surface area contributed by atoms with Crippen LogP contribution in [-0.2, 0) is 9.59 Å². The van der Waals surface area contributed by atoms with Gasteiger partial charge in [0.2, 0.25) is 0 Å². The van der Waals surface area contributed by atoms with Crippen LogP contribution in [0.3, 0.4) is 0 Å². The maximum Gasteiger partial charge on any atom is 0.346 e. The molecule has 0 amide bonds. The van der Waals surface area contributed by atoms with Gasteiger partial charge in [0.05, 0.1) is 0 Å². The first-order valence-electron chi connectivity index (χ1n) is 2.34. The van der Waals surface area contributed by atoms with Crippen molar-refractivity contribution in [2.75, 3.05) is 0 Å². The summed E-state index contributed by atoms with van der Waals surface area (Å²) in [5, 5.41) is 15.0. The predicted molar refractivity (Wildman–Crippen MR) is 40.5 cm³/mol. The Balaban J connectivity index is 0. The van der Waals surface area contributed by atoms with Gasteiger partial charge >= 0.3 is 11.9 Å². The van der Waals surface area contributed by atoms with Crippen molar-refractivity contribution in [1.29, 1.82) is 0 Å². The van der Waals surface area contributed by atoms with E-state index in [9.17, 15) is 9.59 Å². The summed E-state index contributed by atoms with van der Waals surface area (Å²) in [5.74, 6) is -2.15. The fourth-order valence-electron chi connectivity index (χ4n) is 0.